The van der Waals surface area contributed by atoms with Crippen molar-refractivity contribution >= 4 is 20.0 Å². The number of benzene rings is 2. The van der Waals surface area contributed by atoms with Crippen LogP contribution in [-0.4, -0.2) is 26.5 Å². The average molecular weight is 547 g/mol. The van der Waals surface area contributed by atoms with Crippen molar-refractivity contribution < 1.29 is 22.4 Å². The van der Waals surface area contributed by atoms with Crippen LogP contribution in [0.25, 0.3) is 0 Å². The maximum Gasteiger partial charge on any atom is 0.416 e. The fourth-order valence-electron chi connectivity index (χ4n) is 5.48. The summed E-state index contributed by atoms with van der Waals surface area (Å²) in [5, 5.41) is 6.36. The van der Waals surface area contributed by atoms with Gasteiger partial charge in [0.2, 0.25) is 0 Å². The van der Waals surface area contributed by atoms with Gasteiger partial charge in [-0.1, -0.05) is 51.5 Å². The second kappa shape index (κ2) is 11.0. The molecule has 0 heterocycles. The van der Waals surface area contributed by atoms with Gasteiger partial charge < -0.3 is 15.1 Å². The summed E-state index contributed by atoms with van der Waals surface area (Å²) in [6.45, 7) is 11.3. The molecule has 1 fully saturated rings. The van der Waals surface area contributed by atoms with E-state index in [0.29, 0.717) is 6.42 Å². The minimum absolute atomic E-state index is 0.0229. The normalized spacial score (nSPS) is 22.5. The number of urea groups is 1. The van der Waals surface area contributed by atoms with E-state index in [2.05, 4.69) is 50.6 Å². The highest BCUT2D eigenvalue weighted by atomic mass is 28.4. The third-order valence-electron chi connectivity index (χ3n) is 8.68. The van der Waals surface area contributed by atoms with Crippen LogP contribution in [0, 0.1) is 0 Å². The van der Waals surface area contributed by atoms with E-state index in [9.17, 15) is 18.0 Å². The van der Waals surface area contributed by atoms with E-state index >= 15 is 0 Å². The monoisotopic (exact) mass is 546 g/mol. The first-order valence-corrected chi connectivity index (χ1v) is 16.7. The Kier molecular flexibility index (Phi) is 8.33. The average Bonchev–Trinajstić information content (AvgIpc) is 2.83. The van der Waals surface area contributed by atoms with Crippen LogP contribution in [0.1, 0.15) is 81.0 Å². The fraction of sp³-hybridized carbons (Fsp3) is 0.567. The first kappa shape index (κ1) is 28.7. The molecular weight excluding hydrogens is 505 g/mol. The van der Waals surface area contributed by atoms with Crippen molar-refractivity contribution in [3.05, 3.63) is 64.7 Å². The van der Waals surface area contributed by atoms with Crippen molar-refractivity contribution in [3.8, 4) is 0 Å². The molecular formula is C30H41F3N2O2Si. The van der Waals surface area contributed by atoms with Crippen LogP contribution in [0.5, 0.6) is 0 Å². The van der Waals surface area contributed by atoms with E-state index in [1.54, 1.807) is 12.1 Å². The van der Waals surface area contributed by atoms with Crippen molar-refractivity contribution in [3.63, 3.8) is 0 Å². The van der Waals surface area contributed by atoms with Gasteiger partial charge in [0.15, 0.2) is 8.32 Å². The van der Waals surface area contributed by atoms with Gasteiger partial charge in [0.25, 0.3) is 0 Å². The molecule has 4 rings (SSSR count). The van der Waals surface area contributed by atoms with Crippen molar-refractivity contribution in [2.45, 2.75) is 108 Å². The molecule has 208 valence electrons. The Labute approximate surface area is 225 Å². The van der Waals surface area contributed by atoms with Gasteiger partial charge in [-0.25, -0.2) is 4.79 Å². The molecule has 0 aromatic heterocycles. The minimum atomic E-state index is -4.33. The predicted molar refractivity (Wildman–Crippen MR) is 149 cm³/mol. The molecule has 2 N–H and O–H groups in total. The minimum Gasteiger partial charge on any atom is -0.414 e. The summed E-state index contributed by atoms with van der Waals surface area (Å²) in [4.78, 5) is 13.0. The maximum absolute atomic E-state index is 13.0. The summed E-state index contributed by atoms with van der Waals surface area (Å²) in [5.74, 6) is 0.133. The number of hydrogen-bond acceptors (Lipinski definition) is 2. The molecule has 8 heteroatoms. The number of nitrogens with one attached hydrogen (secondary N) is 2. The van der Waals surface area contributed by atoms with E-state index in [1.165, 1.54) is 5.56 Å². The number of rotatable bonds is 5. The Morgan fingerprint density at radius 1 is 1.00 bits per heavy atom. The first-order chi connectivity index (χ1) is 17.7. The highest BCUT2D eigenvalue weighted by Crippen LogP contribution is 2.40. The number of carbonyl (C=O) groups excluding carboxylic acids is 1. The van der Waals surface area contributed by atoms with E-state index in [1.807, 2.05) is 12.1 Å². The number of fused-ring (bicyclic) bond motifs is 1. The standard InChI is InChI=1S/C30H41F3N2O2Si/c1-29(2,3)38(4,5)37-25-17-14-21-8-7-11-27(26(21)19-25)35-28(36)34-24-10-6-9-22(18-24)20-12-15-23(16-13-20)30(31,32)33/h7-8,11-13,15-16,22,24-25H,6,9-10,14,17-19H2,1-5H3,(H2,34,35,36)/t22-,24?,25?/m1/s1. The number of aryl methyl sites for hydroxylation is 1. The Balaban J connectivity index is 1.38. The van der Waals surface area contributed by atoms with Gasteiger partial charge in [-0.05, 0) is 97.5 Å². The Morgan fingerprint density at radius 3 is 2.37 bits per heavy atom. The smallest absolute Gasteiger partial charge is 0.414 e. The van der Waals surface area contributed by atoms with Crippen molar-refractivity contribution in [1.29, 1.82) is 0 Å². The lowest BCUT2D eigenvalue weighted by Gasteiger charge is -2.40. The lowest BCUT2D eigenvalue weighted by molar-refractivity contribution is -0.137. The molecule has 2 aromatic rings. The van der Waals surface area contributed by atoms with Crippen molar-refractivity contribution in [1.82, 2.24) is 5.32 Å². The molecule has 0 saturated heterocycles. The summed E-state index contributed by atoms with van der Waals surface area (Å²) >= 11 is 0. The van der Waals surface area contributed by atoms with Crippen LogP contribution in [0.3, 0.4) is 0 Å². The topological polar surface area (TPSA) is 50.4 Å². The lowest BCUT2D eigenvalue weighted by atomic mass is 9.81. The van der Waals surface area contributed by atoms with Crippen LogP contribution < -0.4 is 10.6 Å². The molecule has 2 aliphatic carbocycles. The van der Waals surface area contributed by atoms with Gasteiger partial charge in [0.1, 0.15) is 0 Å². The number of alkyl halides is 3. The molecule has 2 aromatic carbocycles. The number of halogens is 3. The van der Waals surface area contributed by atoms with Crippen LogP contribution in [0.4, 0.5) is 23.7 Å². The van der Waals surface area contributed by atoms with Gasteiger partial charge in [-0.15, -0.1) is 0 Å². The molecule has 2 amide bonds. The van der Waals surface area contributed by atoms with Gasteiger partial charge in [-0.2, -0.15) is 13.2 Å². The molecule has 2 unspecified atom stereocenters. The first-order valence-electron chi connectivity index (χ1n) is 13.8. The zero-order chi connectivity index (χ0) is 27.7. The van der Waals surface area contributed by atoms with Crippen LogP contribution in [0.15, 0.2) is 42.5 Å². The van der Waals surface area contributed by atoms with E-state index in [4.69, 9.17) is 4.43 Å². The molecule has 3 atom stereocenters. The summed E-state index contributed by atoms with van der Waals surface area (Å²) in [5.41, 5.74) is 3.52. The van der Waals surface area contributed by atoms with E-state index in [0.717, 1.165) is 67.5 Å². The fourth-order valence-corrected chi connectivity index (χ4v) is 6.87. The van der Waals surface area contributed by atoms with Crippen molar-refractivity contribution in [2.24, 2.45) is 0 Å². The summed E-state index contributed by atoms with van der Waals surface area (Å²) < 4.78 is 45.5. The SMILES string of the molecule is CC(C)(C)[Si](C)(C)OC1CCc2cccc(NC(=O)NC3CCC[C@@H](c4ccc(C(F)(F)F)cc4)C3)c2C1. The largest absolute Gasteiger partial charge is 0.416 e. The third-order valence-corrected chi connectivity index (χ3v) is 13.2. The Bertz CT molecular complexity index is 1130. The van der Waals surface area contributed by atoms with E-state index < -0.39 is 20.1 Å². The Hall–Kier alpha value is -2.32. The number of hydrogen-bond donors (Lipinski definition) is 2. The summed E-state index contributed by atoms with van der Waals surface area (Å²) in [7, 11) is -1.90. The van der Waals surface area contributed by atoms with Crippen molar-refractivity contribution in [2.75, 3.05) is 5.32 Å². The Morgan fingerprint density at radius 2 is 1.71 bits per heavy atom. The molecule has 4 nitrogen and oxygen atoms in total. The van der Waals surface area contributed by atoms with Gasteiger partial charge >= 0.3 is 12.2 Å². The van der Waals surface area contributed by atoms with Gasteiger partial charge in [0, 0.05) is 17.8 Å². The maximum atomic E-state index is 13.0. The molecule has 0 spiro atoms. The molecule has 0 bridgehead atoms. The predicted octanol–water partition coefficient (Wildman–Crippen LogP) is 8.43. The van der Waals surface area contributed by atoms with E-state index in [-0.39, 0.29) is 29.1 Å². The highest BCUT2D eigenvalue weighted by molar-refractivity contribution is 6.74. The van der Waals surface area contributed by atoms with Crippen LogP contribution >= 0.6 is 0 Å². The second-order valence-electron chi connectivity index (χ2n) is 12.5. The second-order valence-corrected chi connectivity index (χ2v) is 17.2. The number of anilines is 1. The quantitative estimate of drug-likeness (QED) is 0.370. The highest BCUT2D eigenvalue weighted by Gasteiger charge is 2.40. The van der Waals surface area contributed by atoms with Gasteiger partial charge in [0.05, 0.1) is 5.56 Å². The molecule has 0 aliphatic heterocycles. The molecule has 0 radical (unpaired) electrons. The summed E-state index contributed by atoms with van der Waals surface area (Å²) in [6.07, 6.45) is 1.94. The zero-order valence-electron chi connectivity index (χ0n) is 23.2. The van der Waals surface area contributed by atoms with Crippen LogP contribution in [0.2, 0.25) is 18.1 Å². The van der Waals surface area contributed by atoms with Crippen LogP contribution in [-0.2, 0) is 23.4 Å². The van der Waals surface area contributed by atoms with Gasteiger partial charge in [-0.3, -0.25) is 0 Å². The number of carbonyl (C=O) groups is 1. The number of amides is 2. The third kappa shape index (κ3) is 6.81. The molecule has 38 heavy (non-hydrogen) atoms. The summed E-state index contributed by atoms with van der Waals surface area (Å²) in [6, 6.07) is 11.3. The molecule has 2 aliphatic rings. The molecule has 1 saturated carbocycles. The lowest BCUT2D eigenvalue weighted by Crippen LogP contribution is -2.45. The zero-order valence-corrected chi connectivity index (χ0v) is 24.2.